The van der Waals surface area contributed by atoms with Crippen LogP contribution in [0.15, 0.2) is 24.3 Å². The molecule has 0 aliphatic carbocycles. The van der Waals surface area contributed by atoms with Gasteiger partial charge in [-0.1, -0.05) is 218 Å². The molecular formula is C51H94O6. The Kier molecular flexibility index (Phi) is 44.9. The van der Waals surface area contributed by atoms with Crippen molar-refractivity contribution >= 4 is 17.9 Å². The summed E-state index contributed by atoms with van der Waals surface area (Å²) in [7, 11) is 0. The second-order valence-corrected chi connectivity index (χ2v) is 16.7. The van der Waals surface area contributed by atoms with E-state index in [0.717, 1.165) is 70.6 Å². The Morgan fingerprint density at radius 1 is 0.351 bits per heavy atom. The minimum absolute atomic E-state index is 0.0702. The molecule has 0 atom stereocenters. The van der Waals surface area contributed by atoms with Crippen LogP contribution < -0.4 is 0 Å². The molecule has 0 bridgehead atoms. The standard InChI is InChI=1S/C51H94O6/c1-4-7-10-13-16-19-22-23-24-25-26-27-30-33-36-39-42-45-51(54)57-48(46-55-49(52)43-40-37-34-31-28-20-17-14-11-8-5-2)47-56-50(53)44-41-38-35-32-29-21-18-15-12-9-6-3/h16,19,23-24,48H,4-15,17-18,20-22,25-47H2,1-3H3/b19-16-,24-23-. The second-order valence-electron chi connectivity index (χ2n) is 16.7. The Hall–Kier alpha value is -2.11. The van der Waals surface area contributed by atoms with Crippen LogP contribution in [0.3, 0.4) is 0 Å². The molecule has 0 rings (SSSR count). The zero-order valence-corrected chi connectivity index (χ0v) is 38.1. The van der Waals surface area contributed by atoms with Crippen molar-refractivity contribution in [3.63, 3.8) is 0 Å². The maximum atomic E-state index is 12.8. The van der Waals surface area contributed by atoms with E-state index in [1.54, 1.807) is 0 Å². The number of carbonyl (C=O) groups is 3. The summed E-state index contributed by atoms with van der Waals surface area (Å²) in [6.45, 7) is 6.61. The zero-order chi connectivity index (χ0) is 41.5. The first-order chi connectivity index (χ1) is 28.0. The van der Waals surface area contributed by atoms with Gasteiger partial charge in [-0.15, -0.1) is 0 Å². The van der Waals surface area contributed by atoms with Gasteiger partial charge >= 0.3 is 17.9 Å². The van der Waals surface area contributed by atoms with Crippen molar-refractivity contribution in [1.29, 1.82) is 0 Å². The van der Waals surface area contributed by atoms with Crippen molar-refractivity contribution in [2.24, 2.45) is 0 Å². The molecule has 0 spiro atoms. The molecule has 6 nitrogen and oxygen atoms in total. The SMILES string of the molecule is CCCCC/C=C\C/C=C\CCCCCCCCCC(=O)OC(COC(=O)CCCCCCCCCCCCC)COC(=O)CCCCCCCCCCCCC. The van der Waals surface area contributed by atoms with E-state index in [2.05, 4.69) is 45.1 Å². The minimum atomic E-state index is -0.768. The van der Waals surface area contributed by atoms with E-state index in [1.807, 2.05) is 0 Å². The van der Waals surface area contributed by atoms with Crippen LogP contribution in [-0.2, 0) is 28.6 Å². The molecule has 0 heterocycles. The lowest BCUT2D eigenvalue weighted by Crippen LogP contribution is -2.30. The van der Waals surface area contributed by atoms with E-state index >= 15 is 0 Å². The monoisotopic (exact) mass is 803 g/mol. The number of allylic oxidation sites excluding steroid dienone is 4. The molecule has 0 radical (unpaired) electrons. The zero-order valence-electron chi connectivity index (χ0n) is 38.1. The first kappa shape index (κ1) is 54.9. The highest BCUT2D eigenvalue weighted by Crippen LogP contribution is 2.15. The van der Waals surface area contributed by atoms with E-state index in [0.29, 0.717) is 19.3 Å². The van der Waals surface area contributed by atoms with Gasteiger partial charge in [0, 0.05) is 19.3 Å². The average Bonchev–Trinajstić information content (AvgIpc) is 3.21. The molecule has 0 aromatic heterocycles. The van der Waals surface area contributed by atoms with Gasteiger partial charge in [-0.25, -0.2) is 0 Å². The third-order valence-electron chi connectivity index (χ3n) is 11.0. The number of carbonyl (C=O) groups excluding carboxylic acids is 3. The second kappa shape index (κ2) is 46.6. The van der Waals surface area contributed by atoms with Crippen LogP contribution in [0.5, 0.6) is 0 Å². The highest BCUT2D eigenvalue weighted by molar-refractivity contribution is 5.71. The number of rotatable bonds is 45. The summed E-state index contributed by atoms with van der Waals surface area (Å²) in [6.07, 6.45) is 51.5. The van der Waals surface area contributed by atoms with Crippen molar-refractivity contribution in [2.45, 2.75) is 271 Å². The van der Waals surface area contributed by atoms with Gasteiger partial charge < -0.3 is 14.2 Å². The highest BCUT2D eigenvalue weighted by Gasteiger charge is 2.19. The molecule has 0 N–H and O–H groups in total. The topological polar surface area (TPSA) is 78.9 Å². The molecule has 0 saturated carbocycles. The summed E-state index contributed by atoms with van der Waals surface area (Å²) in [6, 6.07) is 0. The number of esters is 3. The van der Waals surface area contributed by atoms with Gasteiger partial charge in [0.15, 0.2) is 6.10 Å². The normalized spacial score (nSPS) is 11.6. The quantitative estimate of drug-likeness (QED) is 0.0264. The number of ether oxygens (including phenoxy) is 3. The molecule has 0 saturated heterocycles. The molecule has 0 fully saturated rings. The molecule has 0 unspecified atom stereocenters. The van der Waals surface area contributed by atoms with E-state index < -0.39 is 6.10 Å². The lowest BCUT2D eigenvalue weighted by Gasteiger charge is -2.18. The number of hydrogen-bond acceptors (Lipinski definition) is 6. The van der Waals surface area contributed by atoms with E-state index in [4.69, 9.17) is 14.2 Å². The van der Waals surface area contributed by atoms with Gasteiger partial charge in [0.2, 0.25) is 0 Å². The molecule has 57 heavy (non-hydrogen) atoms. The minimum Gasteiger partial charge on any atom is -0.462 e. The van der Waals surface area contributed by atoms with Crippen molar-refractivity contribution in [2.75, 3.05) is 13.2 Å². The summed E-state index contributed by atoms with van der Waals surface area (Å²) in [5.74, 6) is -0.869. The van der Waals surface area contributed by atoms with Gasteiger partial charge in [-0.05, 0) is 51.4 Å². The summed E-state index contributed by atoms with van der Waals surface area (Å²) in [5.41, 5.74) is 0. The molecule has 0 aliphatic heterocycles. The fourth-order valence-corrected chi connectivity index (χ4v) is 7.18. The van der Waals surface area contributed by atoms with Crippen LogP contribution in [-0.4, -0.2) is 37.2 Å². The maximum Gasteiger partial charge on any atom is 0.306 e. The van der Waals surface area contributed by atoms with E-state index in [-0.39, 0.29) is 31.1 Å². The van der Waals surface area contributed by atoms with E-state index in [9.17, 15) is 14.4 Å². The highest BCUT2D eigenvalue weighted by atomic mass is 16.6. The van der Waals surface area contributed by atoms with Gasteiger partial charge in [0.1, 0.15) is 13.2 Å². The van der Waals surface area contributed by atoms with Crippen LogP contribution in [0.25, 0.3) is 0 Å². The first-order valence-corrected chi connectivity index (χ1v) is 24.8. The van der Waals surface area contributed by atoms with Crippen molar-refractivity contribution in [1.82, 2.24) is 0 Å². The molecule has 0 aromatic rings. The van der Waals surface area contributed by atoms with Crippen molar-refractivity contribution < 1.29 is 28.6 Å². The predicted octanol–water partition coefficient (Wildman–Crippen LogP) is 16.0. The van der Waals surface area contributed by atoms with Crippen LogP contribution in [0.4, 0.5) is 0 Å². The lowest BCUT2D eigenvalue weighted by atomic mass is 10.1. The summed E-state index contributed by atoms with van der Waals surface area (Å²) >= 11 is 0. The number of hydrogen-bond donors (Lipinski definition) is 0. The Labute approximate surface area is 353 Å². The fourth-order valence-electron chi connectivity index (χ4n) is 7.18. The molecule has 6 heteroatoms. The van der Waals surface area contributed by atoms with Crippen molar-refractivity contribution in [3.05, 3.63) is 24.3 Å². The Balaban J connectivity index is 4.34. The van der Waals surface area contributed by atoms with Crippen LogP contribution in [0.2, 0.25) is 0 Å². The Morgan fingerprint density at radius 3 is 1.00 bits per heavy atom. The molecule has 0 amide bonds. The van der Waals surface area contributed by atoms with Gasteiger partial charge in [-0.3, -0.25) is 14.4 Å². The first-order valence-electron chi connectivity index (χ1n) is 24.8. The average molecular weight is 803 g/mol. The Bertz CT molecular complexity index is 885. The molecular weight excluding hydrogens is 709 g/mol. The van der Waals surface area contributed by atoms with Gasteiger partial charge in [0.05, 0.1) is 0 Å². The fraction of sp³-hybridized carbons (Fsp3) is 0.863. The summed E-state index contributed by atoms with van der Waals surface area (Å²) in [5, 5.41) is 0. The molecule has 0 aliphatic rings. The van der Waals surface area contributed by atoms with Gasteiger partial charge in [-0.2, -0.15) is 0 Å². The Morgan fingerprint density at radius 2 is 0.632 bits per heavy atom. The van der Waals surface area contributed by atoms with Crippen LogP contribution in [0.1, 0.15) is 265 Å². The van der Waals surface area contributed by atoms with Crippen LogP contribution in [0, 0.1) is 0 Å². The predicted molar refractivity (Wildman–Crippen MR) is 243 cm³/mol. The van der Waals surface area contributed by atoms with Gasteiger partial charge in [0.25, 0.3) is 0 Å². The largest absolute Gasteiger partial charge is 0.462 e. The lowest BCUT2D eigenvalue weighted by molar-refractivity contribution is -0.167. The summed E-state index contributed by atoms with van der Waals surface area (Å²) < 4.78 is 16.8. The third-order valence-corrected chi connectivity index (χ3v) is 11.0. The smallest absolute Gasteiger partial charge is 0.306 e. The van der Waals surface area contributed by atoms with E-state index in [1.165, 1.54) is 154 Å². The van der Waals surface area contributed by atoms with Crippen molar-refractivity contribution in [3.8, 4) is 0 Å². The molecule has 0 aromatic carbocycles. The molecule has 334 valence electrons. The van der Waals surface area contributed by atoms with Crippen LogP contribution >= 0.6 is 0 Å². The maximum absolute atomic E-state index is 12.8. The third kappa shape index (κ3) is 44.8. The summed E-state index contributed by atoms with van der Waals surface area (Å²) in [4.78, 5) is 37.8. The number of unbranched alkanes of at least 4 members (excludes halogenated alkanes) is 30.